The number of rotatable bonds is 7. The number of hydrogen-bond donors (Lipinski definition) is 1. The summed E-state index contributed by atoms with van der Waals surface area (Å²) >= 11 is 6.90. The van der Waals surface area contributed by atoms with Crippen LogP contribution >= 0.6 is 31.9 Å². The molecule has 3 aromatic carbocycles. The van der Waals surface area contributed by atoms with Gasteiger partial charge in [-0.1, -0.05) is 17.7 Å². The van der Waals surface area contributed by atoms with Gasteiger partial charge in [0.2, 0.25) is 0 Å². The summed E-state index contributed by atoms with van der Waals surface area (Å²) in [5.41, 5.74) is 3.19. The number of nitro benzene ring substituents is 1. The number of anilines is 1. The number of nitrogens with one attached hydrogen (secondary N) is 1. The van der Waals surface area contributed by atoms with Crippen molar-refractivity contribution in [2.24, 2.45) is 4.99 Å². The molecule has 0 aromatic heterocycles. The lowest BCUT2D eigenvalue weighted by molar-refractivity contribution is -0.384. The van der Waals surface area contributed by atoms with Gasteiger partial charge in [-0.25, -0.2) is 0 Å². The molecule has 3 aromatic rings. The van der Waals surface area contributed by atoms with Gasteiger partial charge >= 0.3 is 0 Å². The first-order valence-corrected chi connectivity index (χ1v) is 10.7. The summed E-state index contributed by atoms with van der Waals surface area (Å²) in [7, 11) is 0. The number of nitro groups is 1. The molecule has 0 saturated carbocycles. The van der Waals surface area contributed by atoms with E-state index < -0.39 is 4.92 Å². The summed E-state index contributed by atoms with van der Waals surface area (Å²) in [6, 6.07) is 17.0. The maximum atomic E-state index is 12.2. The molecule has 0 aliphatic rings. The third-order valence-electron chi connectivity index (χ3n) is 4.13. The molecule has 0 saturated heterocycles. The molecule has 0 aliphatic heterocycles. The molecule has 0 aliphatic carbocycles. The maximum absolute atomic E-state index is 12.2. The number of halogens is 2. The normalized spacial score (nSPS) is 10.8. The Bertz CT molecular complexity index is 1110. The van der Waals surface area contributed by atoms with Crippen LogP contribution in [0.2, 0.25) is 0 Å². The number of non-ortho nitro benzene ring substituents is 1. The second-order valence-corrected chi connectivity index (χ2v) is 8.26. The maximum Gasteiger partial charge on any atom is 0.269 e. The second kappa shape index (κ2) is 10.3. The number of aliphatic imine (C=N–C) groups is 1. The van der Waals surface area contributed by atoms with E-state index >= 15 is 0 Å². The average Bonchev–Trinajstić information content (AvgIpc) is 2.73. The van der Waals surface area contributed by atoms with Crippen molar-refractivity contribution in [3.05, 3.63) is 90.9 Å². The fourth-order valence-electron chi connectivity index (χ4n) is 2.57. The molecule has 0 atom stereocenters. The van der Waals surface area contributed by atoms with Crippen LogP contribution in [-0.2, 0) is 4.79 Å². The number of amides is 1. The number of carbonyl (C=O) groups excluding carboxylic acids is 1. The minimum absolute atomic E-state index is 0.0114. The Morgan fingerprint density at radius 2 is 1.71 bits per heavy atom. The lowest BCUT2D eigenvalue weighted by Gasteiger charge is -2.11. The minimum atomic E-state index is -0.457. The van der Waals surface area contributed by atoms with E-state index in [1.54, 1.807) is 30.5 Å². The van der Waals surface area contributed by atoms with Crippen molar-refractivity contribution in [3.8, 4) is 5.75 Å². The summed E-state index contributed by atoms with van der Waals surface area (Å²) in [5, 5.41) is 13.5. The summed E-state index contributed by atoms with van der Waals surface area (Å²) < 4.78 is 6.96. The van der Waals surface area contributed by atoms with E-state index in [4.69, 9.17) is 4.74 Å². The highest BCUT2D eigenvalue weighted by atomic mass is 79.9. The van der Waals surface area contributed by atoms with Crippen LogP contribution in [0.25, 0.3) is 0 Å². The Balaban J connectivity index is 1.63. The van der Waals surface area contributed by atoms with Crippen molar-refractivity contribution in [2.45, 2.75) is 6.92 Å². The summed E-state index contributed by atoms with van der Waals surface area (Å²) in [6.45, 7) is 1.82. The Hall–Kier alpha value is -3.04. The zero-order chi connectivity index (χ0) is 22.4. The molecule has 0 spiro atoms. The molecule has 0 radical (unpaired) electrons. The highest BCUT2D eigenvalue weighted by Gasteiger charge is 2.11. The molecule has 1 N–H and O–H groups in total. The highest BCUT2D eigenvalue weighted by Crippen LogP contribution is 2.34. The van der Waals surface area contributed by atoms with Gasteiger partial charge in [0.15, 0.2) is 6.61 Å². The van der Waals surface area contributed by atoms with E-state index in [0.717, 1.165) is 11.1 Å². The summed E-state index contributed by atoms with van der Waals surface area (Å²) in [6.07, 6.45) is 1.63. The van der Waals surface area contributed by atoms with E-state index in [9.17, 15) is 14.9 Å². The zero-order valence-corrected chi connectivity index (χ0v) is 19.5. The standard InChI is InChI=1S/C22H17Br2N3O4/c1-14-2-4-17(5-3-14)26-21(28)13-31-22-19(23)10-15(11-20(22)24)12-25-16-6-8-18(9-7-16)27(29)30/h2-12H,13H2,1H3,(H,26,28). The van der Waals surface area contributed by atoms with E-state index in [0.29, 0.717) is 26.1 Å². The molecule has 0 heterocycles. The van der Waals surface area contributed by atoms with Gasteiger partial charge in [0.05, 0.1) is 19.6 Å². The SMILES string of the molecule is Cc1ccc(NC(=O)COc2c(Br)cc(C=Nc3ccc([N+](=O)[O-])cc3)cc2Br)cc1. The van der Waals surface area contributed by atoms with Crippen LogP contribution in [0.4, 0.5) is 17.1 Å². The minimum Gasteiger partial charge on any atom is -0.481 e. The van der Waals surface area contributed by atoms with Crippen LogP contribution in [0.3, 0.4) is 0 Å². The van der Waals surface area contributed by atoms with E-state index in [1.807, 2.05) is 31.2 Å². The highest BCUT2D eigenvalue weighted by molar-refractivity contribution is 9.11. The third-order valence-corrected chi connectivity index (χ3v) is 5.30. The lowest BCUT2D eigenvalue weighted by atomic mass is 10.2. The van der Waals surface area contributed by atoms with Gasteiger partial charge in [-0.05, 0) is 80.7 Å². The zero-order valence-electron chi connectivity index (χ0n) is 16.3. The largest absolute Gasteiger partial charge is 0.481 e. The molecule has 158 valence electrons. The van der Waals surface area contributed by atoms with Crippen LogP contribution < -0.4 is 10.1 Å². The number of aryl methyl sites for hydroxylation is 1. The van der Waals surface area contributed by atoms with Crippen molar-refractivity contribution in [2.75, 3.05) is 11.9 Å². The van der Waals surface area contributed by atoms with Gasteiger partial charge < -0.3 is 10.1 Å². The molecule has 0 fully saturated rings. The van der Waals surface area contributed by atoms with Gasteiger partial charge in [0.1, 0.15) is 5.75 Å². The Morgan fingerprint density at radius 3 is 2.29 bits per heavy atom. The van der Waals surface area contributed by atoms with Gasteiger partial charge in [0, 0.05) is 24.0 Å². The first-order chi connectivity index (χ1) is 14.8. The van der Waals surface area contributed by atoms with Crippen LogP contribution in [0.5, 0.6) is 5.75 Å². The quantitative estimate of drug-likeness (QED) is 0.217. The van der Waals surface area contributed by atoms with Crippen molar-refractivity contribution >= 4 is 61.0 Å². The molecule has 0 unspecified atom stereocenters. The predicted octanol–water partition coefficient (Wildman–Crippen LogP) is 6.20. The van der Waals surface area contributed by atoms with Crippen molar-refractivity contribution in [3.63, 3.8) is 0 Å². The first kappa shape index (κ1) is 22.6. The Morgan fingerprint density at radius 1 is 1.10 bits per heavy atom. The molecule has 1 amide bonds. The summed E-state index contributed by atoms with van der Waals surface area (Å²) in [5.74, 6) is 0.220. The van der Waals surface area contributed by atoms with Gasteiger partial charge in [-0.2, -0.15) is 0 Å². The van der Waals surface area contributed by atoms with Crippen LogP contribution in [0.15, 0.2) is 74.6 Å². The Kier molecular flexibility index (Phi) is 7.54. The molecular weight excluding hydrogens is 530 g/mol. The third kappa shape index (κ3) is 6.47. The number of carbonyl (C=O) groups is 1. The van der Waals surface area contributed by atoms with Crippen molar-refractivity contribution in [1.82, 2.24) is 0 Å². The Labute approximate surface area is 195 Å². The number of ether oxygens (including phenoxy) is 1. The molecule has 0 bridgehead atoms. The average molecular weight is 547 g/mol. The fourth-order valence-corrected chi connectivity index (χ4v) is 4.02. The van der Waals surface area contributed by atoms with Gasteiger partial charge in [-0.15, -0.1) is 0 Å². The molecule has 3 rings (SSSR count). The van der Waals surface area contributed by atoms with Crippen LogP contribution in [0.1, 0.15) is 11.1 Å². The van der Waals surface area contributed by atoms with Crippen LogP contribution in [0, 0.1) is 17.0 Å². The molecular formula is C22H17Br2N3O4. The van der Waals surface area contributed by atoms with Gasteiger partial charge in [-0.3, -0.25) is 19.9 Å². The van der Waals surface area contributed by atoms with E-state index in [-0.39, 0.29) is 18.2 Å². The molecule has 7 nitrogen and oxygen atoms in total. The fraction of sp³-hybridized carbons (Fsp3) is 0.0909. The van der Waals surface area contributed by atoms with E-state index in [2.05, 4.69) is 42.2 Å². The molecule has 31 heavy (non-hydrogen) atoms. The summed E-state index contributed by atoms with van der Waals surface area (Å²) in [4.78, 5) is 26.7. The predicted molar refractivity (Wildman–Crippen MR) is 127 cm³/mol. The van der Waals surface area contributed by atoms with Crippen LogP contribution in [-0.4, -0.2) is 23.7 Å². The van der Waals surface area contributed by atoms with Gasteiger partial charge in [0.25, 0.3) is 11.6 Å². The monoisotopic (exact) mass is 545 g/mol. The first-order valence-electron chi connectivity index (χ1n) is 9.09. The number of benzene rings is 3. The van der Waals surface area contributed by atoms with E-state index in [1.165, 1.54) is 12.1 Å². The lowest BCUT2D eigenvalue weighted by Crippen LogP contribution is -2.20. The van der Waals surface area contributed by atoms with Crippen molar-refractivity contribution in [1.29, 1.82) is 0 Å². The number of hydrogen-bond acceptors (Lipinski definition) is 5. The second-order valence-electron chi connectivity index (χ2n) is 6.55. The number of nitrogens with zero attached hydrogens (tertiary/aromatic N) is 2. The smallest absolute Gasteiger partial charge is 0.269 e. The van der Waals surface area contributed by atoms with Crippen molar-refractivity contribution < 1.29 is 14.5 Å². The molecule has 9 heteroatoms. The topological polar surface area (TPSA) is 93.8 Å².